The van der Waals surface area contributed by atoms with Gasteiger partial charge in [0.25, 0.3) is 0 Å². The molecule has 2 heterocycles. The quantitative estimate of drug-likeness (QED) is 0.747. The molecule has 4 aliphatic rings. The van der Waals surface area contributed by atoms with Gasteiger partial charge in [0.15, 0.2) is 0 Å². The summed E-state index contributed by atoms with van der Waals surface area (Å²) in [6.07, 6.45) is 6.78. The highest BCUT2D eigenvalue weighted by molar-refractivity contribution is 5.24. The molecule has 4 fully saturated rings. The second kappa shape index (κ2) is 3.36. The molecule has 4 bridgehead atoms. The predicted octanol–water partition coefficient (Wildman–Crippen LogP) is 2.76. The Morgan fingerprint density at radius 3 is 2.71 bits per heavy atom. The van der Waals surface area contributed by atoms with E-state index in [0.29, 0.717) is 11.8 Å². The summed E-state index contributed by atoms with van der Waals surface area (Å²) in [6, 6.07) is 0. The molecule has 2 heteroatoms. The van der Waals surface area contributed by atoms with E-state index in [1.165, 1.54) is 6.42 Å². The molecule has 0 aromatic rings. The van der Waals surface area contributed by atoms with Crippen molar-refractivity contribution in [3.63, 3.8) is 0 Å². The van der Waals surface area contributed by atoms with Gasteiger partial charge in [0.05, 0.1) is 17.8 Å². The van der Waals surface area contributed by atoms with Gasteiger partial charge in [-0.2, -0.15) is 0 Å². The van der Waals surface area contributed by atoms with E-state index >= 15 is 0 Å². The van der Waals surface area contributed by atoms with E-state index in [-0.39, 0.29) is 29.1 Å². The van der Waals surface area contributed by atoms with Gasteiger partial charge < -0.3 is 9.84 Å². The Balaban J connectivity index is 2.06. The van der Waals surface area contributed by atoms with E-state index in [0.717, 1.165) is 6.42 Å². The summed E-state index contributed by atoms with van der Waals surface area (Å²) < 4.78 is 6.30. The van der Waals surface area contributed by atoms with Gasteiger partial charge in [0, 0.05) is 5.92 Å². The van der Waals surface area contributed by atoms with Crippen molar-refractivity contribution in [2.75, 3.05) is 0 Å². The highest BCUT2D eigenvalue weighted by Gasteiger charge is 2.70. The van der Waals surface area contributed by atoms with Crippen LogP contribution in [0.25, 0.3) is 0 Å². The van der Waals surface area contributed by atoms with Crippen molar-refractivity contribution in [3.05, 3.63) is 12.2 Å². The summed E-state index contributed by atoms with van der Waals surface area (Å²) in [5.74, 6) is 1.56. The maximum Gasteiger partial charge on any atom is 0.0698 e. The average Bonchev–Trinajstić information content (AvgIpc) is 2.54. The van der Waals surface area contributed by atoms with Crippen molar-refractivity contribution in [2.24, 2.45) is 23.2 Å². The Morgan fingerprint density at radius 2 is 2.18 bits per heavy atom. The van der Waals surface area contributed by atoms with Crippen LogP contribution >= 0.6 is 0 Å². The smallest absolute Gasteiger partial charge is 0.0698 e. The van der Waals surface area contributed by atoms with Crippen LogP contribution in [-0.2, 0) is 4.74 Å². The summed E-state index contributed by atoms with van der Waals surface area (Å²) in [5.41, 5.74) is 0.257. The Morgan fingerprint density at radius 1 is 1.47 bits per heavy atom. The molecule has 0 spiro atoms. The zero-order valence-corrected chi connectivity index (χ0v) is 11.3. The van der Waals surface area contributed by atoms with Crippen LogP contribution in [0.3, 0.4) is 0 Å². The van der Waals surface area contributed by atoms with Crippen molar-refractivity contribution in [3.8, 4) is 0 Å². The maximum absolute atomic E-state index is 10.2. The van der Waals surface area contributed by atoms with Crippen LogP contribution in [0.15, 0.2) is 12.2 Å². The zero-order chi connectivity index (χ0) is 12.4. The van der Waals surface area contributed by atoms with Crippen LogP contribution in [0.4, 0.5) is 0 Å². The second-order valence-electron chi connectivity index (χ2n) is 6.74. The summed E-state index contributed by atoms with van der Waals surface area (Å²) in [7, 11) is 0. The minimum Gasteiger partial charge on any atom is -0.393 e. The molecule has 7 atom stereocenters. The molecule has 17 heavy (non-hydrogen) atoms. The highest BCUT2D eigenvalue weighted by Crippen LogP contribution is 2.69. The Hall–Kier alpha value is -0.340. The number of hydrogen-bond donors (Lipinski definition) is 1. The standard InChI is InChI=1S/C15H24O2/c1-5-6-15-7-11-9(2)13(12(15)10(3)16)17-14(11,4)8-15/h5-6,9-13,16H,7-8H2,1-4H3/b6-5-/t9-,10-,11?,12?,13?,14?,15?/m0/s1. The molecule has 0 aromatic carbocycles. The van der Waals surface area contributed by atoms with E-state index in [1.807, 2.05) is 6.92 Å². The SMILES string of the molecule is C/C=C\C12CC3[C@H](C)C(OC3(C)C1)C2[C@H](C)O. The first-order valence-corrected chi connectivity index (χ1v) is 6.93. The van der Waals surface area contributed by atoms with Gasteiger partial charge in [0.1, 0.15) is 0 Å². The van der Waals surface area contributed by atoms with Crippen molar-refractivity contribution >= 4 is 0 Å². The largest absolute Gasteiger partial charge is 0.393 e. The number of ether oxygens (including phenoxy) is 1. The fourth-order valence-electron chi connectivity index (χ4n) is 5.31. The third kappa shape index (κ3) is 1.29. The summed E-state index contributed by atoms with van der Waals surface area (Å²) in [6.45, 7) is 8.60. The van der Waals surface area contributed by atoms with Crippen molar-refractivity contribution in [2.45, 2.75) is 58.3 Å². The molecular weight excluding hydrogens is 212 g/mol. The summed E-state index contributed by atoms with van der Waals surface area (Å²) >= 11 is 0. The molecule has 4 rings (SSSR count). The monoisotopic (exact) mass is 236 g/mol. The molecule has 2 aliphatic carbocycles. The minimum absolute atomic E-state index is 0.0645. The average molecular weight is 236 g/mol. The molecule has 2 aliphatic heterocycles. The minimum atomic E-state index is -0.276. The zero-order valence-electron chi connectivity index (χ0n) is 11.3. The van der Waals surface area contributed by atoms with Gasteiger partial charge in [-0.05, 0) is 50.9 Å². The molecule has 2 saturated heterocycles. The molecule has 96 valence electrons. The normalized spacial score (nSPS) is 58.2. The highest BCUT2D eigenvalue weighted by atomic mass is 16.5. The lowest BCUT2D eigenvalue weighted by Crippen LogP contribution is -2.51. The third-order valence-electron chi connectivity index (χ3n) is 5.66. The van der Waals surface area contributed by atoms with Crippen LogP contribution in [0.5, 0.6) is 0 Å². The second-order valence-corrected chi connectivity index (χ2v) is 6.74. The van der Waals surface area contributed by atoms with Gasteiger partial charge in [-0.25, -0.2) is 0 Å². The van der Waals surface area contributed by atoms with Gasteiger partial charge in [-0.3, -0.25) is 0 Å². The lowest BCUT2D eigenvalue weighted by molar-refractivity contribution is -0.154. The maximum atomic E-state index is 10.2. The molecular formula is C15H24O2. The Bertz CT molecular complexity index is 362. The number of aliphatic hydroxyl groups is 1. The van der Waals surface area contributed by atoms with E-state index in [2.05, 4.69) is 32.9 Å². The number of hydrogen-bond acceptors (Lipinski definition) is 2. The predicted molar refractivity (Wildman–Crippen MR) is 67.6 cm³/mol. The lowest BCUT2D eigenvalue weighted by atomic mass is 9.61. The summed E-state index contributed by atoms with van der Waals surface area (Å²) in [5, 5.41) is 10.2. The van der Waals surface area contributed by atoms with Crippen LogP contribution < -0.4 is 0 Å². The van der Waals surface area contributed by atoms with Crippen LogP contribution in [0.2, 0.25) is 0 Å². The van der Waals surface area contributed by atoms with E-state index < -0.39 is 0 Å². The molecule has 2 saturated carbocycles. The van der Waals surface area contributed by atoms with Gasteiger partial charge in [-0.1, -0.05) is 19.1 Å². The number of allylic oxidation sites excluding steroid dienone is 2. The molecule has 0 radical (unpaired) electrons. The molecule has 0 amide bonds. The van der Waals surface area contributed by atoms with Crippen LogP contribution in [0, 0.1) is 23.2 Å². The first kappa shape index (κ1) is 11.7. The Labute approximate surface area is 104 Å². The fourth-order valence-corrected chi connectivity index (χ4v) is 5.31. The van der Waals surface area contributed by atoms with Gasteiger partial charge in [-0.15, -0.1) is 0 Å². The Kier molecular flexibility index (Phi) is 2.32. The molecule has 2 nitrogen and oxygen atoms in total. The number of aliphatic hydroxyl groups excluding tert-OH is 1. The van der Waals surface area contributed by atoms with E-state index in [4.69, 9.17) is 4.74 Å². The molecule has 0 aromatic heterocycles. The fraction of sp³-hybridized carbons (Fsp3) is 0.867. The first-order valence-electron chi connectivity index (χ1n) is 6.93. The number of rotatable bonds is 2. The van der Waals surface area contributed by atoms with E-state index in [1.54, 1.807) is 0 Å². The third-order valence-corrected chi connectivity index (χ3v) is 5.66. The van der Waals surface area contributed by atoms with Gasteiger partial charge in [0.2, 0.25) is 0 Å². The van der Waals surface area contributed by atoms with Crippen LogP contribution in [-0.4, -0.2) is 22.9 Å². The van der Waals surface area contributed by atoms with Crippen molar-refractivity contribution < 1.29 is 9.84 Å². The summed E-state index contributed by atoms with van der Waals surface area (Å²) in [4.78, 5) is 0. The topological polar surface area (TPSA) is 29.5 Å². The van der Waals surface area contributed by atoms with Crippen molar-refractivity contribution in [1.82, 2.24) is 0 Å². The van der Waals surface area contributed by atoms with Crippen LogP contribution in [0.1, 0.15) is 40.5 Å². The van der Waals surface area contributed by atoms with E-state index in [9.17, 15) is 5.11 Å². The van der Waals surface area contributed by atoms with Crippen molar-refractivity contribution in [1.29, 1.82) is 0 Å². The lowest BCUT2D eigenvalue weighted by Gasteiger charge is -2.48. The van der Waals surface area contributed by atoms with Gasteiger partial charge >= 0.3 is 0 Å². The molecule has 5 unspecified atom stereocenters. The first-order chi connectivity index (χ1) is 7.93. The molecule has 1 N–H and O–H groups in total.